The fourth-order valence-corrected chi connectivity index (χ4v) is 3.30. The van der Waals surface area contributed by atoms with Gasteiger partial charge in [0.1, 0.15) is 16.9 Å². The lowest BCUT2D eigenvalue weighted by Crippen LogP contribution is -2.14. The molecule has 0 radical (unpaired) electrons. The highest BCUT2D eigenvalue weighted by atomic mass is 35.5. The Morgan fingerprint density at radius 2 is 2.07 bits per heavy atom. The molecule has 0 saturated heterocycles. The van der Waals surface area contributed by atoms with Gasteiger partial charge in [-0.25, -0.2) is 4.39 Å². The second-order valence-electron chi connectivity index (χ2n) is 5.92. The first kappa shape index (κ1) is 18.2. The third-order valence-corrected chi connectivity index (χ3v) is 4.48. The van der Waals surface area contributed by atoms with Crippen LogP contribution in [0.25, 0.3) is 33.1 Å². The number of benzene rings is 2. The molecular formula is C18H16ClFN6O2. The van der Waals surface area contributed by atoms with Crippen LogP contribution >= 0.6 is 11.6 Å². The number of rotatable bonds is 5. The third-order valence-electron chi connectivity index (χ3n) is 4.19. The van der Waals surface area contributed by atoms with E-state index in [0.717, 1.165) is 0 Å². The van der Waals surface area contributed by atoms with Crippen molar-refractivity contribution in [1.82, 2.24) is 15.0 Å². The quantitative estimate of drug-likeness (QED) is 0.464. The maximum absolute atomic E-state index is 15.6. The van der Waals surface area contributed by atoms with Crippen molar-refractivity contribution in [1.29, 1.82) is 0 Å². The Kier molecular flexibility index (Phi) is 4.62. The first-order valence-electron chi connectivity index (χ1n) is 8.36. The number of oxazole rings is 1. The molecular weight excluding hydrogens is 387 g/mol. The van der Waals surface area contributed by atoms with Crippen LogP contribution in [-0.4, -0.2) is 35.2 Å². The molecule has 0 amide bonds. The van der Waals surface area contributed by atoms with Crippen molar-refractivity contribution in [2.45, 2.75) is 0 Å². The molecule has 0 saturated carbocycles. The van der Waals surface area contributed by atoms with Crippen LogP contribution in [-0.2, 0) is 0 Å². The predicted molar refractivity (Wildman–Crippen MR) is 106 cm³/mol. The van der Waals surface area contributed by atoms with Crippen molar-refractivity contribution >= 4 is 45.4 Å². The van der Waals surface area contributed by atoms with Gasteiger partial charge in [-0.1, -0.05) is 23.7 Å². The van der Waals surface area contributed by atoms with E-state index in [-0.39, 0.29) is 28.1 Å². The van der Waals surface area contributed by atoms with Gasteiger partial charge in [-0.2, -0.15) is 15.0 Å². The van der Waals surface area contributed by atoms with E-state index in [4.69, 9.17) is 32.2 Å². The van der Waals surface area contributed by atoms with Crippen LogP contribution in [0.5, 0.6) is 6.01 Å². The SMILES string of the molecule is COc1nc(NCCN)c2cc(Cl)c(-c3cccc4oc(N)nc34)c(F)c2n1. The van der Waals surface area contributed by atoms with Crippen LogP contribution in [0.2, 0.25) is 5.02 Å². The van der Waals surface area contributed by atoms with Gasteiger partial charge in [-0.15, -0.1) is 0 Å². The molecule has 0 aliphatic heterocycles. The molecule has 4 rings (SSSR count). The lowest BCUT2D eigenvalue weighted by molar-refractivity contribution is 0.382. The van der Waals surface area contributed by atoms with E-state index in [9.17, 15) is 0 Å². The number of nitrogen functional groups attached to an aromatic ring is 1. The molecule has 0 aliphatic carbocycles. The normalized spacial score (nSPS) is 11.3. The fourth-order valence-electron chi connectivity index (χ4n) is 3.01. The molecule has 0 spiro atoms. The highest BCUT2D eigenvalue weighted by Gasteiger charge is 2.22. The highest BCUT2D eigenvalue weighted by molar-refractivity contribution is 6.34. The van der Waals surface area contributed by atoms with Gasteiger partial charge in [0, 0.05) is 29.6 Å². The van der Waals surface area contributed by atoms with Crippen molar-refractivity contribution in [3.63, 3.8) is 0 Å². The molecule has 5 N–H and O–H groups in total. The van der Waals surface area contributed by atoms with E-state index in [2.05, 4.69) is 20.3 Å². The number of hydrogen-bond acceptors (Lipinski definition) is 8. The summed E-state index contributed by atoms with van der Waals surface area (Å²) in [6.45, 7) is 0.811. The van der Waals surface area contributed by atoms with Gasteiger partial charge in [-0.05, 0) is 12.1 Å². The maximum Gasteiger partial charge on any atom is 0.318 e. The van der Waals surface area contributed by atoms with Crippen LogP contribution < -0.4 is 21.5 Å². The standard InChI is InChI=1S/C18H16ClFN6O2/c1-27-18-25-15-9(16(26-18)23-6-5-21)7-10(19)12(13(15)20)8-3-2-4-11-14(8)24-17(22)28-11/h2-4,7H,5-6,21H2,1H3,(H2,22,24)(H,23,25,26). The Balaban J connectivity index is 2.02. The molecule has 2 heterocycles. The van der Waals surface area contributed by atoms with Gasteiger partial charge in [0.05, 0.1) is 12.1 Å². The summed E-state index contributed by atoms with van der Waals surface area (Å²) in [5, 5.41) is 3.61. The molecule has 0 aliphatic rings. The number of hydrogen-bond donors (Lipinski definition) is 3. The van der Waals surface area contributed by atoms with Crippen LogP contribution in [0.15, 0.2) is 28.7 Å². The second kappa shape index (κ2) is 7.10. The van der Waals surface area contributed by atoms with Crippen LogP contribution in [0, 0.1) is 5.82 Å². The van der Waals surface area contributed by atoms with E-state index in [0.29, 0.717) is 41.0 Å². The number of nitrogens with zero attached hydrogens (tertiary/aromatic N) is 3. The topological polar surface area (TPSA) is 125 Å². The number of halogens is 2. The van der Waals surface area contributed by atoms with E-state index < -0.39 is 5.82 Å². The molecule has 4 aromatic rings. The minimum absolute atomic E-state index is 0.0166. The van der Waals surface area contributed by atoms with Crippen molar-refractivity contribution < 1.29 is 13.5 Å². The fraction of sp³-hybridized carbons (Fsp3) is 0.167. The van der Waals surface area contributed by atoms with Crippen molar-refractivity contribution in [2.24, 2.45) is 5.73 Å². The second-order valence-corrected chi connectivity index (χ2v) is 6.33. The zero-order valence-corrected chi connectivity index (χ0v) is 15.5. The van der Waals surface area contributed by atoms with Gasteiger partial charge >= 0.3 is 6.01 Å². The molecule has 0 fully saturated rings. The average molecular weight is 403 g/mol. The summed E-state index contributed by atoms with van der Waals surface area (Å²) in [6.07, 6.45) is 0. The van der Waals surface area contributed by atoms with Gasteiger partial charge in [0.2, 0.25) is 0 Å². The van der Waals surface area contributed by atoms with Gasteiger partial charge in [-0.3, -0.25) is 0 Å². The molecule has 0 bridgehead atoms. The highest BCUT2D eigenvalue weighted by Crippen LogP contribution is 2.40. The zero-order chi connectivity index (χ0) is 19.8. The number of aromatic nitrogens is 3. The summed E-state index contributed by atoms with van der Waals surface area (Å²) >= 11 is 6.46. The molecule has 10 heteroatoms. The molecule has 2 aromatic heterocycles. The number of ether oxygens (including phenoxy) is 1. The smallest absolute Gasteiger partial charge is 0.318 e. The van der Waals surface area contributed by atoms with E-state index in [1.54, 1.807) is 24.3 Å². The lowest BCUT2D eigenvalue weighted by Gasteiger charge is -2.13. The van der Waals surface area contributed by atoms with Crippen LogP contribution in [0.1, 0.15) is 0 Å². The van der Waals surface area contributed by atoms with Gasteiger partial charge in [0.15, 0.2) is 11.4 Å². The minimum atomic E-state index is -0.631. The van der Waals surface area contributed by atoms with Crippen molar-refractivity contribution in [3.8, 4) is 17.1 Å². The Morgan fingerprint density at radius 1 is 1.25 bits per heavy atom. The maximum atomic E-state index is 15.6. The summed E-state index contributed by atoms with van der Waals surface area (Å²) in [7, 11) is 1.40. The number of fused-ring (bicyclic) bond motifs is 2. The third kappa shape index (κ3) is 2.94. The van der Waals surface area contributed by atoms with Crippen molar-refractivity contribution in [2.75, 3.05) is 31.2 Å². The van der Waals surface area contributed by atoms with E-state index in [1.165, 1.54) is 7.11 Å². The summed E-state index contributed by atoms with van der Waals surface area (Å²) in [5.74, 6) is -0.253. The molecule has 0 atom stereocenters. The van der Waals surface area contributed by atoms with Crippen LogP contribution in [0.3, 0.4) is 0 Å². The molecule has 8 nitrogen and oxygen atoms in total. The number of anilines is 2. The average Bonchev–Trinajstić information content (AvgIpc) is 3.07. The molecule has 0 unspecified atom stereocenters. The van der Waals surface area contributed by atoms with Crippen LogP contribution in [0.4, 0.5) is 16.2 Å². The number of para-hydroxylation sites is 1. The largest absolute Gasteiger partial charge is 0.467 e. The van der Waals surface area contributed by atoms with E-state index >= 15 is 4.39 Å². The number of nitrogens with two attached hydrogens (primary N) is 2. The summed E-state index contributed by atoms with van der Waals surface area (Å²) < 4.78 is 26.0. The minimum Gasteiger partial charge on any atom is -0.467 e. The van der Waals surface area contributed by atoms with E-state index in [1.807, 2.05) is 0 Å². The summed E-state index contributed by atoms with van der Waals surface area (Å²) in [6, 6.07) is 6.68. The van der Waals surface area contributed by atoms with Gasteiger partial charge in [0.25, 0.3) is 6.01 Å². The Bertz CT molecular complexity index is 1200. The lowest BCUT2D eigenvalue weighted by atomic mass is 10.0. The monoisotopic (exact) mass is 402 g/mol. The predicted octanol–water partition coefficient (Wildman–Crippen LogP) is 3.19. The molecule has 144 valence electrons. The summed E-state index contributed by atoms with van der Waals surface area (Å²) in [4.78, 5) is 12.5. The number of methoxy groups -OCH3 is 1. The summed E-state index contributed by atoms with van der Waals surface area (Å²) in [5.41, 5.74) is 12.7. The Labute approximate surface area is 163 Å². The zero-order valence-electron chi connectivity index (χ0n) is 14.8. The Hall–Kier alpha value is -3.17. The first-order valence-corrected chi connectivity index (χ1v) is 8.74. The van der Waals surface area contributed by atoms with Crippen molar-refractivity contribution in [3.05, 3.63) is 35.1 Å². The molecule has 2 aromatic carbocycles. The van der Waals surface area contributed by atoms with Gasteiger partial charge < -0.3 is 25.9 Å². The first-order chi connectivity index (χ1) is 13.5. The number of nitrogens with one attached hydrogen (secondary N) is 1. The molecule has 28 heavy (non-hydrogen) atoms. The Morgan fingerprint density at radius 3 is 2.82 bits per heavy atom.